The van der Waals surface area contributed by atoms with Gasteiger partial charge in [0.05, 0.1) is 16.5 Å². The van der Waals surface area contributed by atoms with Crippen LogP contribution in [0.4, 0.5) is 23.8 Å². The Morgan fingerprint density at radius 3 is 2.34 bits per heavy atom. The number of piperazine rings is 1. The number of anilines is 1. The molecule has 0 unspecified atom stereocenters. The number of amides is 1. The molecule has 8 rings (SSSR count). The molecule has 0 saturated carbocycles. The number of hydrogen-bond donors (Lipinski definition) is 0. The van der Waals surface area contributed by atoms with E-state index >= 15 is 8.78 Å². The zero-order chi connectivity index (χ0) is 45.9. The lowest BCUT2D eigenvalue weighted by Gasteiger charge is -2.42. The number of likely N-dealkylation sites (tertiary alicyclic amines) is 1. The van der Waals surface area contributed by atoms with Gasteiger partial charge in [-0.1, -0.05) is 53.5 Å². The molecule has 4 aromatic rings. The Morgan fingerprint density at radius 2 is 1.69 bits per heavy atom. The van der Waals surface area contributed by atoms with Crippen molar-refractivity contribution in [2.45, 2.75) is 140 Å². The van der Waals surface area contributed by atoms with Crippen molar-refractivity contribution in [3.05, 3.63) is 47.7 Å². The fourth-order valence-electron chi connectivity index (χ4n) is 11.4. The zero-order valence-electron chi connectivity index (χ0n) is 39.0. The van der Waals surface area contributed by atoms with E-state index in [0.717, 1.165) is 32.2 Å². The lowest BCUT2D eigenvalue weighted by Crippen LogP contribution is -2.56. The molecule has 1 amide bonds. The average molecular weight is 901 g/mol. The predicted octanol–water partition coefficient (Wildman–Crippen LogP) is 10.2. The van der Waals surface area contributed by atoms with Crippen molar-refractivity contribution in [3.63, 3.8) is 0 Å². The van der Waals surface area contributed by atoms with E-state index in [0.29, 0.717) is 70.4 Å². The lowest BCUT2D eigenvalue weighted by atomic mass is 9.95. The van der Waals surface area contributed by atoms with Crippen molar-refractivity contribution in [2.75, 3.05) is 51.6 Å². The van der Waals surface area contributed by atoms with Crippen LogP contribution < -0.4 is 14.4 Å². The van der Waals surface area contributed by atoms with E-state index in [1.165, 1.54) is 13.2 Å². The highest BCUT2D eigenvalue weighted by atomic mass is 28.3. The number of pyridine rings is 1. The van der Waals surface area contributed by atoms with Crippen molar-refractivity contribution in [3.8, 4) is 34.5 Å². The number of fused-ring (bicyclic) bond motifs is 5. The molecule has 4 saturated heterocycles. The number of aromatic nitrogens is 3. The quantitative estimate of drug-likeness (QED) is 0.0821. The monoisotopic (exact) mass is 900 g/mol. The Kier molecular flexibility index (Phi) is 12.6. The second-order valence-electron chi connectivity index (χ2n) is 20.2. The van der Waals surface area contributed by atoms with E-state index in [1.54, 1.807) is 29.3 Å². The minimum absolute atomic E-state index is 0.0270. The molecule has 15 heteroatoms. The van der Waals surface area contributed by atoms with Crippen LogP contribution in [-0.4, -0.2) is 115 Å². The summed E-state index contributed by atoms with van der Waals surface area (Å²) in [5, 5.41) is 1.37. The second-order valence-corrected chi connectivity index (χ2v) is 25.8. The van der Waals surface area contributed by atoms with E-state index in [-0.39, 0.29) is 59.9 Å². The molecule has 2 aromatic heterocycles. The van der Waals surface area contributed by atoms with Gasteiger partial charge < -0.3 is 28.7 Å². The van der Waals surface area contributed by atoms with E-state index in [1.807, 2.05) is 20.8 Å². The van der Waals surface area contributed by atoms with E-state index in [4.69, 9.17) is 33.9 Å². The zero-order valence-corrected chi connectivity index (χ0v) is 40.0. The molecule has 4 aliphatic rings. The Morgan fingerprint density at radius 1 is 0.984 bits per heavy atom. The Bertz CT molecular complexity index is 2450. The molecule has 0 N–H and O–H groups in total. The van der Waals surface area contributed by atoms with Gasteiger partial charge >= 0.3 is 12.1 Å². The molecule has 2 bridgehead atoms. The second kappa shape index (κ2) is 17.6. The number of halogens is 3. The number of methoxy groups -OCH3 is 1. The highest BCUT2D eigenvalue weighted by Gasteiger charge is 2.50. The van der Waals surface area contributed by atoms with Crippen molar-refractivity contribution >= 4 is 41.7 Å². The molecule has 0 radical (unpaired) electrons. The lowest BCUT2D eigenvalue weighted by molar-refractivity contribution is 0.0209. The maximum atomic E-state index is 17.9. The molecule has 0 spiro atoms. The minimum atomic E-state index is -2.33. The van der Waals surface area contributed by atoms with Gasteiger partial charge in [0.25, 0.3) is 0 Å². The number of benzene rings is 2. The summed E-state index contributed by atoms with van der Waals surface area (Å²) in [6.07, 6.45) is 3.84. The third kappa shape index (κ3) is 8.39. The number of carbonyl (C=O) groups excluding carboxylic acids is 1. The minimum Gasteiger partial charge on any atom is -0.468 e. The van der Waals surface area contributed by atoms with Crippen LogP contribution >= 0.6 is 0 Å². The van der Waals surface area contributed by atoms with Gasteiger partial charge in [0.1, 0.15) is 55.0 Å². The number of nitrogens with zero attached hydrogens (tertiary/aromatic N) is 6. The van der Waals surface area contributed by atoms with Gasteiger partial charge in [0.15, 0.2) is 12.6 Å². The summed E-state index contributed by atoms with van der Waals surface area (Å²) in [5.41, 5.74) is 3.78. The number of alkyl halides is 1. The van der Waals surface area contributed by atoms with Crippen LogP contribution in [0.25, 0.3) is 32.9 Å². The fourth-order valence-corrected chi connectivity index (χ4v) is 16.6. The van der Waals surface area contributed by atoms with Gasteiger partial charge in [-0.15, -0.1) is 5.54 Å². The van der Waals surface area contributed by atoms with Crippen LogP contribution in [0.5, 0.6) is 11.8 Å². The molecule has 344 valence electrons. The molecule has 6 heterocycles. The summed E-state index contributed by atoms with van der Waals surface area (Å²) >= 11 is 0. The van der Waals surface area contributed by atoms with Crippen LogP contribution in [-0.2, 0) is 9.47 Å². The number of ether oxygens (including phenoxy) is 4. The molecular formula is C49H63F3N6O5Si. The summed E-state index contributed by atoms with van der Waals surface area (Å²) in [4.78, 5) is 33.9. The Hall–Kier alpha value is -4.65. The van der Waals surface area contributed by atoms with E-state index < -0.39 is 37.0 Å². The summed E-state index contributed by atoms with van der Waals surface area (Å²) < 4.78 is 72.5. The number of rotatable bonds is 11. The van der Waals surface area contributed by atoms with Gasteiger partial charge in [-0.05, 0) is 93.2 Å². The average Bonchev–Trinajstić information content (AvgIpc) is 3.84. The maximum Gasteiger partial charge on any atom is 0.410 e. The third-order valence-corrected chi connectivity index (χ3v) is 20.5. The fraction of sp³-hybridized carbons (Fsp3) is 0.592. The third-order valence-electron chi connectivity index (χ3n) is 14.2. The van der Waals surface area contributed by atoms with Crippen molar-refractivity contribution < 1.29 is 36.9 Å². The van der Waals surface area contributed by atoms with Crippen molar-refractivity contribution in [1.82, 2.24) is 24.8 Å². The summed E-state index contributed by atoms with van der Waals surface area (Å²) in [6, 6.07) is 6.13. The van der Waals surface area contributed by atoms with Crippen molar-refractivity contribution in [1.29, 1.82) is 0 Å². The molecule has 64 heavy (non-hydrogen) atoms. The molecule has 4 atom stereocenters. The predicted molar refractivity (Wildman–Crippen MR) is 246 cm³/mol. The molecule has 4 aliphatic heterocycles. The smallest absolute Gasteiger partial charge is 0.410 e. The standard InChI is InChI=1S/C49H63F3N6O5Si/c1-29(2)64(30(3)4,31(5)6)19-16-37-40(51)15-12-32-20-36(62-28-60-10)21-38(41(32)37)43-42(52)44-39(23-53-43)45(55-46(54-44)61-27-49-17-11-18-57(49)24-33(50)22-49)58-34-13-14-35(58)26-56(25-34)47(59)63-48(7,8)9/h12,15,20-21,23,29-31,33-35H,11,13-14,17-18,22,24-28H2,1-10H3/t33-,34-,35+,49+/m1/s1. The van der Waals surface area contributed by atoms with Crippen LogP contribution in [0.1, 0.15) is 100.0 Å². The number of carbonyl (C=O) groups is 1. The van der Waals surface area contributed by atoms with Gasteiger partial charge in [-0.2, -0.15) is 9.97 Å². The van der Waals surface area contributed by atoms with Gasteiger partial charge in [-0.25, -0.2) is 18.0 Å². The van der Waals surface area contributed by atoms with E-state index in [2.05, 4.69) is 62.8 Å². The Labute approximate surface area is 376 Å². The molecule has 0 aliphatic carbocycles. The van der Waals surface area contributed by atoms with Crippen LogP contribution in [0, 0.1) is 23.1 Å². The number of hydrogen-bond acceptors (Lipinski definition) is 10. The first-order chi connectivity index (χ1) is 30.4. The van der Waals surface area contributed by atoms with Crippen LogP contribution in [0.3, 0.4) is 0 Å². The molecule has 11 nitrogen and oxygen atoms in total. The van der Waals surface area contributed by atoms with Crippen LogP contribution in [0.15, 0.2) is 30.5 Å². The summed E-state index contributed by atoms with van der Waals surface area (Å²) in [5.74, 6) is 2.89. The largest absolute Gasteiger partial charge is 0.468 e. The summed E-state index contributed by atoms with van der Waals surface area (Å²) in [6.45, 7) is 20.8. The Balaban J connectivity index is 1.30. The SMILES string of the molecule is COCOc1cc(-c2ncc3c(N4[C@@H]5CC[C@H]4CN(C(=O)OC(C)(C)C)C5)nc(OC[C@@]45CCCN4C[C@H](F)C5)nc3c2F)c2c(C#C[Si](C(C)C)(C(C)C)C(C)C)c(F)ccc2c1. The van der Waals surface area contributed by atoms with Crippen molar-refractivity contribution in [2.24, 2.45) is 0 Å². The first-order valence-corrected chi connectivity index (χ1v) is 25.1. The highest BCUT2D eigenvalue weighted by Crippen LogP contribution is 2.45. The first-order valence-electron chi connectivity index (χ1n) is 22.9. The van der Waals surface area contributed by atoms with Gasteiger partial charge in [0, 0.05) is 62.4 Å². The highest BCUT2D eigenvalue weighted by molar-refractivity contribution is 6.90. The van der Waals surface area contributed by atoms with Gasteiger partial charge in [0.2, 0.25) is 0 Å². The topological polar surface area (TPSA) is 102 Å². The maximum absolute atomic E-state index is 17.9. The molecular weight excluding hydrogens is 838 g/mol. The molecule has 4 fully saturated rings. The summed E-state index contributed by atoms with van der Waals surface area (Å²) in [7, 11) is -0.816. The molecule has 2 aromatic carbocycles. The first kappa shape index (κ1) is 45.9. The van der Waals surface area contributed by atoms with Crippen LogP contribution in [0.2, 0.25) is 16.6 Å². The van der Waals surface area contributed by atoms with Gasteiger partial charge in [-0.3, -0.25) is 9.88 Å². The normalized spacial score (nSPS) is 22.5. The van der Waals surface area contributed by atoms with E-state index in [9.17, 15) is 9.18 Å².